The first-order valence-corrected chi connectivity index (χ1v) is 14.8. The molecule has 4 nitrogen and oxygen atoms in total. The third-order valence-electron chi connectivity index (χ3n) is 9.22. The third-order valence-corrected chi connectivity index (χ3v) is 9.22. The van der Waals surface area contributed by atoms with Crippen molar-refractivity contribution in [3.63, 3.8) is 0 Å². The van der Waals surface area contributed by atoms with Gasteiger partial charge >= 0.3 is 0 Å². The van der Waals surface area contributed by atoms with Crippen LogP contribution in [-0.2, 0) is 20.4 Å². The summed E-state index contributed by atoms with van der Waals surface area (Å²) < 4.78 is 5.83. The van der Waals surface area contributed by atoms with Crippen molar-refractivity contribution < 1.29 is 14.3 Å². The molecule has 3 aliphatic carbocycles. The van der Waals surface area contributed by atoms with Crippen LogP contribution in [0.1, 0.15) is 107 Å². The monoisotopic (exact) mass is 535 g/mol. The molecule has 1 aliphatic heterocycles. The average molecular weight is 536 g/mol. The normalized spacial score (nSPS) is 23.2. The lowest BCUT2D eigenvalue weighted by atomic mass is 9.54. The first kappa shape index (κ1) is 26.8. The van der Waals surface area contributed by atoms with E-state index in [0.29, 0.717) is 12.3 Å². The molecule has 7 rings (SSSR count). The first-order chi connectivity index (χ1) is 18.9. The second kappa shape index (κ2) is 9.33. The number of carbonyl (C=O) groups excluding carboxylic acids is 2. The fourth-order valence-corrected chi connectivity index (χ4v) is 6.99. The van der Waals surface area contributed by atoms with E-state index in [-0.39, 0.29) is 34.5 Å². The Kier molecular flexibility index (Phi) is 6.25. The molecular formula is C36H41NO3. The average Bonchev–Trinajstić information content (AvgIpc) is 3.18. The molecule has 40 heavy (non-hydrogen) atoms. The Balaban J connectivity index is 1.46. The molecular weight excluding hydrogens is 494 g/mol. The minimum Gasteiger partial charge on any atom is -0.494 e. The van der Waals surface area contributed by atoms with Gasteiger partial charge in [-0.3, -0.25) is 9.59 Å². The summed E-state index contributed by atoms with van der Waals surface area (Å²) in [5.41, 5.74) is 7.99. The van der Waals surface area contributed by atoms with Crippen LogP contribution in [0.2, 0.25) is 0 Å². The molecule has 0 N–H and O–H groups in total. The topological polar surface area (TPSA) is 46.6 Å². The van der Waals surface area contributed by atoms with Crippen LogP contribution >= 0.6 is 0 Å². The number of hydrogen-bond acceptors (Lipinski definition) is 3. The van der Waals surface area contributed by atoms with Crippen molar-refractivity contribution in [1.29, 1.82) is 0 Å². The number of anilines is 1. The Bertz CT molecular complexity index is 1400. The van der Waals surface area contributed by atoms with E-state index in [4.69, 9.17) is 4.74 Å². The van der Waals surface area contributed by atoms with Crippen molar-refractivity contribution in [3.05, 3.63) is 94.0 Å². The molecule has 0 unspecified atom stereocenters. The molecule has 0 saturated carbocycles. The van der Waals surface area contributed by atoms with Crippen molar-refractivity contribution in [2.24, 2.45) is 11.8 Å². The number of ether oxygens (including phenoxy) is 1. The van der Waals surface area contributed by atoms with E-state index in [1.165, 1.54) is 38.3 Å². The molecule has 1 heterocycles. The van der Waals surface area contributed by atoms with Gasteiger partial charge in [0.15, 0.2) is 0 Å². The van der Waals surface area contributed by atoms with E-state index in [1.54, 1.807) is 0 Å². The number of nitrogens with zero attached hydrogens (tertiary/aromatic N) is 1. The van der Waals surface area contributed by atoms with Gasteiger partial charge in [0.25, 0.3) is 0 Å². The molecule has 4 aliphatic rings. The zero-order valence-electron chi connectivity index (χ0n) is 24.9. The van der Waals surface area contributed by atoms with Gasteiger partial charge in [-0.15, -0.1) is 0 Å². The van der Waals surface area contributed by atoms with Crippen LogP contribution in [0.5, 0.6) is 5.75 Å². The van der Waals surface area contributed by atoms with E-state index in [0.717, 1.165) is 18.6 Å². The lowest BCUT2D eigenvalue weighted by Crippen LogP contribution is -2.42. The Morgan fingerprint density at radius 1 is 0.675 bits per heavy atom. The minimum absolute atomic E-state index is 0.00741. The number of carbonyl (C=O) groups is 2. The predicted octanol–water partition coefficient (Wildman–Crippen LogP) is 7.86. The van der Waals surface area contributed by atoms with E-state index in [2.05, 4.69) is 84.9 Å². The van der Waals surface area contributed by atoms with Gasteiger partial charge in [-0.1, -0.05) is 91.3 Å². The van der Waals surface area contributed by atoms with Crippen LogP contribution in [0.15, 0.2) is 60.7 Å². The Labute approximate surface area is 238 Å². The Morgan fingerprint density at radius 2 is 1.15 bits per heavy atom. The second-order valence-corrected chi connectivity index (χ2v) is 13.9. The predicted molar refractivity (Wildman–Crippen MR) is 160 cm³/mol. The number of rotatable bonds is 5. The SMILES string of the molecule is CCCCOc1ccc(N2C(=O)[C@@H]3[C@H]4c5cc(C(C)(C)C)ccc5[C@@H](c5cc(C(C)(C)C)ccc54)[C@@H]3C2=O)cc1. The fraction of sp³-hybridized carbons (Fsp3) is 0.444. The summed E-state index contributed by atoms with van der Waals surface area (Å²) in [6, 6.07) is 21.0. The van der Waals surface area contributed by atoms with Gasteiger partial charge in [0.2, 0.25) is 11.8 Å². The zero-order chi connectivity index (χ0) is 28.6. The molecule has 0 aromatic heterocycles. The van der Waals surface area contributed by atoms with Crippen molar-refractivity contribution in [2.75, 3.05) is 11.5 Å². The second-order valence-electron chi connectivity index (χ2n) is 13.9. The molecule has 208 valence electrons. The van der Waals surface area contributed by atoms with Crippen LogP contribution in [0.25, 0.3) is 0 Å². The van der Waals surface area contributed by atoms with Crippen LogP contribution in [0, 0.1) is 11.8 Å². The van der Waals surface area contributed by atoms with Crippen molar-refractivity contribution >= 4 is 17.5 Å². The largest absolute Gasteiger partial charge is 0.494 e. The van der Waals surface area contributed by atoms with Gasteiger partial charge in [0.05, 0.1) is 24.1 Å². The van der Waals surface area contributed by atoms with Gasteiger partial charge in [-0.25, -0.2) is 4.90 Å². The van der Waals surface area contributed by atoms with Crippen molar-refractivity contribution in [2.45, 2.75) is 84.0 Å². The summed E-state index contributed by atoms with van der Waals surface area (Å²) in [7, 11) is 0. The fourth-order valence-electron chi connectivity index (χ4n) is 6.99. The summed E-state index contributed by atoms with van der Waals surface area (Å²) in [6.45, 7) is 16.2. The summed E-state index contributed by atoms with van der Waals surface area (Å²) >= 11 is 0. The highest BCUT2D eigenvalue weighted by atomic mass is 16.5. The summed E-state index contributed by atoms with van der Waals surface area (Å²) in [5.74, 6) is -0.451. The van der Waals surface area contributed by atoms with Crippen LogP contribution in [-0.4, -0.2) is 18.4 Å². The highest BCUT2D eigenvalue weighted by Crippen LogP contribution is 2.62. The molecule has 2 amide bonds. The highest BCUT2D eigenvalue weighted by molar-refractivity contribution is 6.23. The lowest BCUT2D eigenvalue weighted by Gasteiger charge is -2.47. The maximum Gasteiger partial charge on any atom is 0.238 e. The van der Waals surface area contributed by atoms with E-state index < -0.39 is 11.8 Å². The number of amides is 2. The molecule has 1 saturated heterocycles. The minimum atomic E-state index is -0.395. The zero-order valence-corrected chi connectivity index (χ0v) is 24.9. The summed E-state index contributed by atoms with van der Waals surface area (Å²) in [4.78, 5) is 29.9. The van der Waals surface area contributed by atoms with Crippen molar-refractivity contribution in [1.82, 2.24) is 0 Å². The van der Waals surface area contributed by atoms with Gasteiger partial charge in [0, 0.05) is 11.8 Å². The van der Waals surface area contributed by atoms with E-state index in [9.17, 15) is 9.59 Å². The number of benzene rings is 3. The molecule has 3 aromatic rings. The van der Waals surface area contributed by atoms with Crippen LogP contribution in [0.3, 0.4) is 0 Å². The van der Waals surface area contributed by atoms with Crippen LogP contribution < -0.4 is 9.64 Å². The number of imide groups is 1. The van der Waals surface area contributed by atoms with Crippen LogP contribution in [0.4, 0.5) is 5.69 Å². The van der Waals surface area contributed by atoms with E-state index >= 15 is 0 Å². The highest BCUT2D eigenvalue weighted by Gasteiger charge is 2.62. The molecule has 0 radical (unpaired) electrons. The number of hydrogen-bond donors (Lipinski definition) is 0. The first-order valence-electron chi connectivity index (χ1n) is 14.8. The lowest BCUT2D eigenvalue weighted by molar-refractivity contribution is -0.122. The Hall–Kier alpha value is -3.40. The smallest absolute Gasteiger partial charge is 0.238 e. The molecule has 0 spiro atoms. The molecule has 4 heteroatoms. The third kappa shape index (κ3) is 4.10. The number of unbranched alkanes of at least 4 members (excludes halogenated alkanes) is 1. The quantitative estimate of drug-likeness (QED) is 0.247. The van der Waals surface area contributed by atoms with Crippen molar-refractivity contribution in [3.8, 4) is 5.75 Å². The van der Waals surface area contributed by atoms with E-state index in [1.807, 2.05) is 24.3 Å². The molecule has 4 atom stereocenters. The van der Waals surface area contributed by atoms with Gasteiger partial charge in [-0.05, 0) is 74.9 Å². The van der Waals surface area contributed by atoms with Gasteiger partial charge in [0.1, 0.15) is 5.75 Å². The standard InChI is InChI=1S/C36H41NO3/c1-8-9-18-40-24-14-12-23(13-15-24)37-33(38)31-29-26-17-11-22(36(5,6)7)20-28(26)30(32(31)34(37)39)25-16-10-21(19-27(25)29)35(2,3)4/h10-17,19-20,29-32H,8-9,18H2,1-7H3/t29-,30+,31-,32+. The molecule has 1 fully saturated rings. The van der Waals surface area contributed by atoms with Gasteiger partial charge in [-0.2, -0.15) is 0 Å². The Morgan fingerprint density at radius 3 is 1.57 bits per heavy atom. The molecule has 2 bridgehead atoms. The summed E-state index contributed by atoms with van der Waals surface area (Å²) in [5, 5.41) is 0. The van der Waals surface area contributed by atoms with Gasteiger partial charge < -0.3 is 4.74 Å². The summed E-state index contributed by atoms with van der Waals surface area (Å²) in [6.07, 6.45) is 2.06. The maximum atomic E-state index is 14.2. The maximum absolute atomic E-state index is 14.2. The molecule has 3 aromatic carbocycles.